The van der Waals surface area contributed by atoms with E-state index in [0.29, 0.717) is 0 Å². The minimum atomic E-state index is -2.96. The number of carbonyl (C=O) groups excluding carboxylic acids is 2. The average molecular weight is 429 g/mol. The summed E-state index contributed by atoms with van der Waals surface area (Å²) in [5.74, 6) is -0.862. The molecule has 0 N–H and O–H groups in total. The Morgan fingerprint density at radius 2 is 1.10 bits per heavy atom. The van der Waals surface area contributed by atoms with Crippen LogP contribution in [0.2, 0.25) is 5.04 Å². The number of benzene rings is 2. The fourth-order valence-electron chi connectivity index (χ4n) is 3.91. The first-order valence-electron chi connectivity index (χ1n) is 10.0. The van der Waals surface area contributed by atoms with Crippen LogP contribution in [0.25, 0.3) is 0 Å². The normalized spacial score (nSPS) is 12.3. The quantitative estimate of drug-likeness (QED) is 0.476. The lowest BCUT2D eigenvalue weighted by molar-refractivity contribution is -0.150. The van der Waals surface area contributed by atoms with Crippen molar-refractivity contribution in [3.05, 3.63) is 60.7 Å². The van der Waals surface area contributed by atoms with E-state index < -0.39 is 25.9 Å². The molecule has 0 aliphatic rings. The molecule has 2 rings (SSSR count). The van der Waals surface area contributed by atoms with Gasteiger partial charge in [-0.3, -0.25) is 9.59 Å². The molecule has 0 radical (unpaired) electrons. The van der Waals surface area contributed by atoms with E-state index >= 15 is 0 Å². The summed E-state index contributed by atoms with van der Waals surface area (Å²) < 4.78 is 16.9. The number of hydrogen-bond acceptors (Lipinski definition) is 5. The molecule has 0 unspecified atom stereocenters. The summed E-state index contributed by atoms with van der Waals surface area (Å²) in [5.41, 5.74) is -1.09. The molecular formula is C24H32O5Si. The van der Waals surface area contributed by atoms with E-state index in [0.717, 1.165) is 10.4 Å². The molecule has 0 spiro atoms. The smallest absolute Gasteiger partial charge is 0.308 e. The Hall–Kier alpha value is -2.44. The van der Waals surface area contributed by atoms with Crippen LogP contribution >= 0.6 is 0 Å². The van der Waals surface area contributed by atoms with Crippen molar-refractivity contribution in [3.63, 3.8) is 0 Å². The van der Waals surface area contributed by atoms with Gasteiger partial charge in [-0.15, -0.1) is 0 Å². The standard InChI is InChI=1S/C24H32O5Si/c1-23(2,3)30(19-13-9-7-10-14-19,20-15-11-8-12-16-20)29-24(4,17-21(25)27-5)18-22(26)28-6/h7-16H,17-18H2,1-6H3. The van der Waals surface area contributed by atoms with Crippen molar-refractivity contribution in [2.45, 2.75) is 51.2 Å². The van der Waals surface area contributed by atoms with Crippen molar-refractivity contribution in [2.24, 2.45) is 0 Å². The van der Waals surface area contributed by atoms with Gasteiger partial charge in [0.25, 0.3) is 8.32 Å². The fraction of sp³-hybridized carbons (Fsp3) is 0.417. The van der Waals surface area contributed by atoms with Crippen LogP contribution < -0.4 is 10.4 Å². The second-order valence-electron chi connectivity index (χ2n) is 8.72. The molecule has 0 heterocycles. The van der Waals surface area contributed by atoms with Gasteiger partial charge in [0.1, 0.15) is 0 Å². The van der Waals surface area contributed by atoms with E-state index in [1.54, 1.807) is 6.92 Å². The molecule has 0 atom stereocenters. The summed E-state index contributed by atoms with van der Waals surface area (Å²) in [5, 5.41) is 1.86. The molecule has 30 heavy (non-hydrogen) atoms. The zero-order valence-corrected chi connectivity index (χ0v) is 19.7. The van der Waals surface area contributed by atoms with Gasteiger partial charge in [0, 0.05) is 0 Å². The van der Waals surface area contributed by atoms with Crippen LogP contribution in [0.15, 0.2) is 60.7 Å². The third kappa shape index (κ3) is 5.18. The van der Waals surface area contributed by atoms with Gasteiger partial charge in [0.2, 0.25) is 0 Å². The maximum atomic E-state index is 12.3. The first-order chi connectivity index (χ1) is 14.1. The van der Waals surface area contributed by atoms with Gasteiger partial charge in [-0.25, -0.2) is 0 Å². The van der Waals surface area contributed by atoms with Gasteiger partial charge in [-0.2, -0.15) is 0 Å². The topological polar surface area (TPSA) is 61.8 Å². The van der Waals surface area contributed by atoms with Crippen molar-refractivity contribution in [3.8, 4) is 0 Å². The van der Waals surface area contributed by atoms with Crippen molar-refractivity contribution in [1.29, 1.82) is 0 Å². The zero-order chi connectivity index (χ0) is 22.4. The second-order valence-corrected chi connectivity index (χ2v) is 12.9. The Morgan fingerprint density at radius 1 is 0.733 bits per heavy atom. The molecule has 5 nitrogen and oxygen atoms in total. The highest BCUT2D eigenvalue weighted by Gasteiger charge is 2.54. The number of esters is 2. The molecule has 2 aromatic carbocycles. The molecule has 0 aliphatic carbocycles. The van der Waals surface area contributed by atoms with E-state index in [4.69, 9.17) is 13.9 Å². The summed E-state index contributed by atoms with van der Waals surface area (Å²) in [7, 11) is -0.285. The largest absolute Gasteiger partial charge is 0.469 e. The first kappa shape index (κ1) is 23.8. The number of ether oxygens (including phenoxy) is 2. The highest BCUT2D eigenvalue weighted by molar-refractivity contribution is 6.99. The fourth-order valence-corrected chi connectivity index (χ4v) is 8.72. The monoisotopic (exact) mass is 428 g/mol. The van der Waals surface area contributed by atoms with Crippen LogP contribution in [0.4, 0.5) is 0 Å². The molecule has 0 aliphatic heterocycles. The highest BCUT2D eigenvalue weighted by atomic mass is 28.4. The van der Waals surface area contributed by atoms with E-state index in [1.807, 2.05) is 36.4 Å². The van der Waals surface area contributed by atoms with Crippen LogP contribution in [0.5, 0.6) is 0 Å². The van der Waals surface area contributed by atoms with Gasteiger partial charge in [0.05, 0.1) is 32.7 Å². The lowest BCUT2D eigenvalue weighted by Crippen LogP contribution is -2.69. The van der Waals surface area contributed by atoms with Crippen LogP contribution in [-0.4, -0.2) is 40.1 Å². The molecule has 0 amide bonds. The maximum absolute atomic E-state index is 12.3. The van der Waals surface area contributed by atoms with Crippen molar-refractivity contribution >= 4 is 30.6 Å². The Bertz CT molecular complexity index is 785. The summed E-state index contributed by atoms with van der Waals surface area (Å²) in [6.07, 6.45) is -0.105. The molecule has 0 fully saturated rings. The summed E-state index contributed by atoms with van der Waals surface area (Å²) in [6, 6.07) is 20.2. The van der Waals surface area contributed by atoms with Gasteiger partial charge in [-0.1, -0.05) is 81.4 Å². The van der Waals surface area contributed by atoms with E-state index in [-0.39, 0.29) is 17.9 Å². The van der Waals surface area contributed by atoms with Crippen molar-refractivity contribution < 1.29 is 23.5 Å². The Balaban J connectivity index is 2.74. The molecule has 2 aromatic rings. The van der Waals surface area contributed by atoms with Crippen molar-refractivity contribution in [1.82, 2.24) is 0 Å². The summed E-state index contributed by atoms with van der Waals surface area (Å²) in [4.78, 5) is 24.5. The first-order valence-corrected chi connectivity index (χ1v) is 11.9. The van der Waals surface area contributed by atoms with Crippen molar-refractivity contribution in [2.75, 3.05) is 14.2 Å². The van der Waals surface area contributed by atoms with Gasteiger partial charge >= 0.3 is 11.9 Å². The number of methoxy groups -OCH3 is 2. The van der Waals surface area contributed by atoms with Crippen LogP contribution in [-0.2, 0) is 23.5 Å². The number of hydrogen-bond donors (Lipinski definition) is 0. The predicted molar refractivity (Wildman–Crippen MR) is 120 cm³/mol. The van der Waals surface area contributed by atoms with Gasteiger partial charge in [0.15, 0.2) is 0 Å². The zero-order valence-electron chi connectivity index (χ0n) is 18.7. The number of carbonyl (C=O) groups is 2. The Kier molecular flexibility index (Phi) is 7.61. The SMILES string of the molecule is COC(=O)CC(C)(CC(=O)OC)O[Si](c1ccccc1)(c1ccccc1)C(C)(C)C. The highest BCUT2D eigenvalue weighted by Crippen LogP contribution is 2.41. The molecule has 0 aromatic heterocycles. The lowest BCUT2D eigenvalue weighted by Gasteiger charge is -2.48. The molecule has 0 bridgehead atoms. The summed E-state index contributed by atoms with van der Waals surface area (Å²) in [6.45, 7) is 8.24. The molecule has 162 valence electrons. The van der Waals surface area contributed by atoms with Crippen LogP contribution in [0.3, 0.4) is 0 Å². The molecular weight excluding hydrogens is 396 g/mol. The number of rotatable bonds is 8. The average Bonchev–Trinajstić information content (AvgIpc) is 2.72. The summed E-state index contributed by atoms with van der Waals surface area (Å²) >= 11 is 0. The van der Waals surface area contributed by atoms with E-state index in [1.165, 1.54) is 14.2 Å². The predicted octanol–water partition coefficient (Wildman–Crippen LogP) is 3.45. The third-order valence-electron chi connectivity index (χ3n) is 5.31. The minimum absolute atomic E-state index is 0.0525. The van der Waals surface area contributed by atoms with Crippen LogP contribution in [0, 0.1) is 0 Å². The van der Waals surface area contributed by atoms with Gasteiger partial charge in [-0.05, 0) is 22.3 Å². The van der Waals surface area contributed by atoms with Gasteiger partial charge < -0.3 is 13.9 Å². The third-order valence-corrected chi connectivity index (χ3v) is 10.5. The Labute approximate surface area is 180 Å². The Morgan fingerprint density at radius 3 is 1.40 bits per heavy atom. The lowest BCUT2D eigenvalue weighted by atomic mass is 9.98. The minimum Gasteiger partial charge on any atom is -0.469 e. The molecule has 6 heteroatoms. The molecule has 0 saturated heterocycles. The van der Waals surface area contributed by atoms with E-state index in [2.05, 4.69) is 45.0 Å². The second kappa shape index (κ2) is 9.58. The van der Waals surface area contributed by atoms with Crippen LogP contribution in [0.1, 0.15) is 40.5 Å². The maximum Gasteiger partial charge on any atom is 0.308 e. The van der Waals surface area contributed by atoms with E-state index in [9.17, 15) is 9.59 Å². The molecule has 0 saturated carbocycles.